The number of carbonyl (C=O) groups excluding carboxylic acids is 1. The van der Waals surface area contributed by atoms with Crippen LogP contribution >= 0.6 is 0 Å². The van der Waals surface area contributed by atoms with Crippen LogP contribution in [0.4, 0.5) is 23.2 Å². The zero-order valence-electron chi connectivity index (χ0n) is 19.1. The number of anilines is 1. The molecular formula is C23H21F4N5O3S. The van der Waals surface area contributed by atoms with Gasteiger partial charge in [0.2, 0.25) is 11.8 Å². The second kappa shape index (κ2) is 9.45. The van der Waals surface area contributed by atoms with E-state index in [1.165, 1.54) is 42.7 Å². The van der Waals surface area contributed by atoms with Crippen molar-refractivity contribution in [3.8, 4) is 11.8 Å². The Bertz CT molecular complexity index is 1440. The van der Waals surface area contributed by atoms with Crippen LogP contribution in [0.1, 0.15) is 52.4 Å². The predicted molar refractivity (Wildman–Crippen MR) is 122 cm³/mol. The largest absolute Gasteiger partial charge is 0.435 e. The molecule has 1 saturated carbocycles. The van der Waals surface area contributed by atoms with Crippen LogP contribution < -0.4 is 10.1 Å². The van der Waals surface area contributed by atoms with Gasteiger partial charge in [-0.25, -0.2) is 8.99 Å². The molecule has 8 nitrogen and oxygen atoms in total. The topological polar surface area (TPSA) is 118 Å². The molecule has 0 spiro atoms. The van der Waals surface area contributed by atoms with Crippen molar-refractivity contribution in [1.29, 1.82) is 4.78 Å². The first-order valence-electron chi connectivity index (χ1n) is 10.8. The third-order valence-corrected chi connectivity index (χ3v) is 6.97. The maximum Gasteiger partial charge on any atom is 0.435 e. The minimum Gasteiger partial charge on any atom is -0.418 e. The van der Waals surface area contributed by atoms with E-state index in [0.717, 1.165) is 26.2 Å². The van der Waals surface area contributed by atoms with Gasteiger partial charge in [-0.3, -0.25) is 4.79 Å². The lowest BCUT2D eigenvalue weighted by Gasteiger charge is -2.25. The molecule has 13 heteroatoms. The molecule has 1 unspecified atom stereocenters. The van der Waals surface area contributed by atoms with E-state index in [1.54, 1.807) is 0 Å². The van der Waals surface area contributed by atoms with Gasteiger partial charge in [-0.05, 0) is 55.5 Å². The first-order chi connectivity index (χ1) is 16.8. The van der Waals surface area contributed by atoms with E-state index >= 15 is 0 Å². The molecule has 1 atom stereocenters. The number of amides is 1. The lowest BCUT2D eigenvalue weighted by atomic mass is 9.80. The zero-order valence-corrected chi connectivity index (χ0v) is 20.0. The van der Waals surface area contributed by atoms with Crippen LogP contribution in [-0.2, 0) is 15.9 Å². The normalized spacial score (nSPS) is 15.6. The first-order valence-corrected chi connectivity index (χ1v) is 12.7. The van der Waals surface area contributed by atoms with Crippen molar-refractivity contribution < 1.29 is 31.3 Å². The number of carbonyl (C=O) groups is 1. The van der Waals surface area contributed by atoms with E-state index in [2.05, 4.69) is 20.5 Å². The fourth-order valence-corrected chi connectivity index (χ4v) is 4.42. The maximum atomic E-state index is 14.5. The van der Waals surface area contributed by atoms with E-state index in [0.29, 0.717) is 5.56 Å². The lowest BCUT2D eigenvalue weighted by Crippen LogP contribution is -2.21. The van der Waals surface area contributed by atoms with Crippen LogP contribution in [0.2, 0.25) is 0 Å². The number of hydrogen-bond acceptors (Lipinski definition) is 7. The van der Waals surface area contributed by atoms with Crippen LogP contribution in [0.5, 0.6) is 11.8 Å². The summed E-state index contributed by atoms with van der Waals surface area (Å²) in [5, 5.41) is 9.02. The van der Waals surface area contributed by atoms with Gasteiger partial charge in [0.05, 0.1) is 9.73 Å². The molecule has 2 aromatic heterocycles. The Balaban J connectivity index is 1.71. The van der Waals surface area contributed by atoms with Crippen LogP contribution in [0, 0.1) is 17.7 Å². The molecule has 3 aromatic rings. The number of nitrogens with one attached hydrogen (secondary N) is 2. The second-order valence-electron chi connectivity index (χ2n) is 8.44. The Morgan fingerprint density at radius 3 is 2.50 bits per heavy atom. The molecule has 190 valence electrons. The molecular weight excluding hydrogens is 502 g/mol. The average Bonchev–Trinajstić information content (AvgIpc) is 2.73. The molecule has 1 aliphatic rings. The lowest BCUT2D eigenvalue weighted by molar-refractivity contribution is -0.142. The molecule has 2 N–H and O–H groups in total. The number of halogens is 4. The molecule has 1 aliphatic carbocycles. The average molecular weight is 524 g/mol. The number of benzene rings is 1. The van der Waals surface area contributed by atoms with E-state index in [9.17, 15) is 26.6 Å². The number of ether oxygens (including phenoxy) is 1. The Hall–Kier alpha value is -3.61. The molecule has 1 fully saturated rings. The van der Waals surface area contributed by atoms with E-state index < -0.39 is 50.5 Å². The van der Waals surface area contributed by atoms with Gasteiger partial charge in [-0.1, -0.05) is 12.5 Å². The number of pyridine rings is 1. The van der Waals surface area contributed by atoms with Crippen LogP contribution in [0.15, 0.2) is 41.3 Å². The highest BCUT2D eigenvalue weighted by Crippen LogP contribution is 2.38. The van der Waals surface area contributed by atoms with E-state index in [-0.39, 0.29) is 22.4 Å². The Kier molecular flexibility index (Phi) is 6.69. The maximum absolute atomic E-state index is 14.5. The van der Waals surface area contributed by atoms with Crippen molar-refractivity contribution in [2.45, 2.75) is 43.2 Å². The van der Waals surface area contributed by atoms with Crippen molar-refractivity contribution in [2.75, 3.05) is 11.6 Å². The summed E-state index contributed by atoms with van der Waals surface area (Å²) in [5.74, 6) is -2.65. The Morgan fingerprint density at radius 2 is 1.92 bits per heavy atom. The Labute approximate surface area is 204 Å². The summed E-state index contributed by atoms with van der Waals surface area (Å²) in [6.45, 7) is 1.03. The van der Waals surface area contributed by atoms with Gasteiger partial charge >= 0.3 is 6.18 Å². The molecule has 4 rings (SSSR count). The highest BCUT2D eigenvalue weighted by atomic mass is 32.2. The number of nitrogens with zero attached hydrogens (tertiary/aromatic N) is 3. The molecule has 0 saturated heterocycles. The number of hydrogen-bond donors (Lipinski definition) is 2. The van der Waals surface area contributed by atoms with Crippen LogP contribution in [0.3, 0.4) is 0 Å². The van der Waals surface area contributed by atoms with Gasteiger partial charge in [0.15, 0.2) is 5.69 Å². The number of aromatic nitrogens is 3. The zero-order chi connectivity index (χ0) is 26.3. The summed E-state index contributed by atoms with van der Waals surface area (Å²) in [7, 11) is -3.11. The van der Waals surface area contributed by atoms with Crippen molar-refractivity contribution in [3.05, 3.63) is 64.7 Å². The highest BCUT2D eigenvalue weighted by molar-refractivity contribution is 7.91. The third-order valence-electron chi connectivity index (χ3n) is 5.82. The van der Waals surface area contributed by atoms with Gasteiger partial charge in [0, 0.05) is 28.5 Å². The summed E-state index contributed by atoms with van der Waals surface area (Å²) in [4.78, 5) is 17.0. The second-order valence-corrected chi connectivity index (χ2v) is 10.6. The standard InChI is InChI=1S/C23H21F4N5O3S/c1-12-18(21(33)29-14-7-4-8-15(11-14)36(2,28)34)22(32-31-19(12)23(25,26)27)35-17-10-9-16(20(24)30-17)13-5-3-6-13/h4,7-11,13,28H,3,5-6H2,1-2H3,(H,29,33). The van der Waals surface area contributed by atoms with E-state index in [1.807, 2.05) is 0 Å². The molecule has 36 heavy (non-hydrogen) atoms. The predicted octanol–water partition coefficient (Wildman–Crippen LogP) is 5.69. The summed E-state index contributed by atoms with van der Waals surface area (Å²) in [5.41, 5.74) is -2.04. The molecule has 0 aliphatic heterocycles. The number of alkyl halides is 3. The minimum absolute atomic E-state index is 0.0540. The van der Waals surface area contributed by atoms with Gasteiger partial charge in [-0.15, -0.1) is 10.2 Å². The molecule has 1 aromatic carbocycles. The van der Waals surface area contributed by atoms with Crippen molar-refractivity contribution >= 4 is 21.3 Å². The Morgan fingerprint density at radius 1 is 1.19 bits per heavy atom. The van der Waals surface area contributed by atoms with Gasteiger partial charge in [0.25, 0.3) is 11.8 Å². The molecule has 0 bridgehead atoms. The van der Waals surface area contributed by atoms with Crippen molar-refractivity contribution in [2.24, 2.45) is 0 Å². The van der Waals surface area contributed by atoms with Gasteiger partial charge < -0.3 is 10.1 Å². The van der Waals surface area contributed by atoms with Crippen LogP contribution in [-0.4, -0.2) is 31.6 Å². The van der Waals surface area contributed by atoms with Gasteiger partial charge in [0.1, 0.15) is 5.56 Å². The summed E-state index contributed by atoms with van der Waals surface area (Å²) >= 11 is 0. The summed E-state index contributed by atoms with van der Waals surface area (Å²) in [6, 6.07) is 8.39. The fraction of sp³-hybridized carbons (Fsp3) is 0.304. The third kappa shape index (κ3) is 5.30. The van der Waals surface area contributed by atoms with Gasteiger partial charge in [-0.2, -0.15) is 22.5 Å². The molecule has 2 heterocycles. The smallest absolute Gasteiger partial charge is 0.418 e. The van der Waals surface area contributed by atoms with Crippen molar-refractivity contribution in [3.63, 3.8) is 0 Å². The quantitative estimate of drug-likeness (QED) is 0.317. The fourth-order valence-electron chi connectivity index (χ4n) is 3.73. The number of rotatable bonds is 6. The summed E-state index contributed by atoms with van der Waals surface area (Å²) in [6.07, 6.45) is -1.06. The van der Waals surface area contributed by atoms with E-state index in [4.69, 9.17) is 9.52 Å². The van der Waals surface area contributed by atoms with Crippen LogP contribution in [0.25, 0.3) is 0 Å². The minimum atomic E-state index is -4.90. The molecule has 1 amide bonds. The summed E-state index contributed by atoms with van der Waals surface area (Å²) < 4.78 is 80.1. The SMILES string of the molecule is Cc1c(C(F)(F)F)nnc(Oc2ccc(C3CCC3)c(F)n2)c1C(=O)Nc1cccc(S(C)(=N)=O)c1. The first kappa shape index (κ1) is 25.5. The van der Waals surface area contributed by atoms with Crippen molar-refractivity contribution in [1.82, 2.24) is 15.2 Å². The highest BCUT2D eigenvalue weighted by Gasteiger charge is 2.38. The monoisotopic (exact) mass is 523 g/mol. The molecule has 0 radical (unpaired) electrons.